The van der Waals surface area contributed by atoms with Crippen molar-refractivity contribution < 1.29 is 9.53 Å². The highest BCUT2D eigenvalue weighted by Crippen LogP contribution is 2.55. The van der Waals surface area contributed by atoms with Crippen molar-refractivity contribution in [3.63, 3.8) is 0 Å². The number of hydrogen-bond acceptors (Lipinski definition) is 3. The van der Waals surface area contributed by atoms with Crippen LogP contribution in [0.5, 0.6) is 0 Å². The minimum Gasteiger partial charge on any atom is -0.373 e. The van der Waals surface area contributed by atoms with Gasteiger partial charge in [0, 0.05) is 44.1 Å². The lowest BCUT2D eigenvalue weighted by atomic mass is 9.62. The van der Waals surface area contributed by atoms with E-state index >= 15 is 0 Å². The highest BCUT2D eigenvalue weighted by atomic mass is 35.5. The number of ether oxygens (including phenoxy) is 1. The minimum atomic E-state index is -0.356. The van der Waals surface area contributed by atoms with Crippen LogP contribution in [0.2, 0.25) is 0 Å². The predicted molar refractivity (Wildman–Crippen MR) is 112 cm³/mol. The smallest absolute Gasteiger partial charge is 0.248 e. The molecule has 4 aliphatic rings. The average Bonchev–Trinajstić information content (AvgIpc) is 3.27. The SMILES string of the molecule is CO[C@]1(c2cccc(C(N)=O)c2)[C@@H]2CCC[C@H]1CN(C[C@H]1C[C@@H]3C[C@@H]3C1)C2.Cl. The van der Waals surface area contributed by atoms with Crippen molar-refractivity contribution in [2.45, 2.75) is 44.1 Å². The molecule has 154 valence electrons. The number of methoxy groups -OCH3 is 1. The van der Waals surface area contributed by atoms with Crippen molar-refractivity contribution in [2.75, 3.05) is 26.7 Å². The Bertz CT molecular complexity index is 715. The third kappa shape index (κ3) is 3.28. The van der Waals surface area contributed by atoms with Gasteiger partial charge in [0.15, 0.2) is 0 Å². The van der Waals surface area contributed by atoms with Crippen LogP contribution < -0.4 is 5.73 Å². The summed E-state index contributed by atoms with van der Waals surface area (Å²) in [4.78, 5) is 14.5. The number of piperidine rings is 1. The summed E-state index contributed by atoms with van der Waals surface area (Å²) in [5, 5.41) is 0. The topological polar surface area (TPSA) is 55.6 Å². The number of fused-ring (bicyclic) bond motifs is 3. The Morgan fingerprint density at radius 3 is 2.46 bits per heavy atom. The Morgan fingerprint density at radius 2 is 1.86 bits per heavy atom. The number of nitrogens with two attached hydrogens (primary N) is 1. The molecule has 1 aromatic rings. The van der Waals surface area contributed by atoms with Gasteiger partial charge < -0.3 is 15.4 Å². The van der Waals surface area contributed by atoms with E-state index < -0.39 is 0 Å². The van der Waals surface area contributed by atoms with E-state index in [0.29, 0.717) is 17.4 Å². The minimum absolute atomic E-state index is 0. The van der Waals surface area contributed by atoms with Crippen molar-refractivity contribution in [1.29, 1.82) is 0 Å². The fourth-order valence-corrected chi connectivity index (χ4v) is 6.87. The van der Waals surface area contributed by atoms with E-state index in [1.165, 1.54) is 45.1 Å². The van der Waals surface area contributed by atoms with E-state index in [4.69, 9.17) is 10.5 Å². The van der Waals surface area contributed by atoms with E-state index in [1.807, 2.05) is 25.3 Å². The molecule has 4 fully saturated rings. The molecular formula is C23H33ClN2O2. The molecule has 0 radical (unpaired) electrons. The molecule has 3 aliphatic carbocycles. The number of carbonyl (C=O) groups excluding carboxylic acids is 1. The van der Waals surface area contributed by atoms with Crippen LogP contribution >= 0.6 is 12.4 Å². The zero-order valence-corrected chi connectivity index (χ0v) is 17.6. The number of likely N-dealkylation sites (tertiary alicyclic amines) is 1. The lowest BCUT2D eigenvalue weighted by molar-refractivity contribution is -0.170. The van der Waals surface area contributed by atoms with Gasteiger partial charge in [0.05, 0.1) is 0 Å². The standard InChI is InChI=1S/C23H32N2O2.ClH/c1-27-23(19-5-2-4-16(11-19)22(24)26)20-6-3-7-21(23)14-25(13-20)12-15-8-17-10-18(17)9-15;/h2,4-5,11,15,17-18,20-21H,3,6-10,12-14H2,1H3,(H2,24,26);1H/t15-,17+,18-,20-,21+,23-;. The van der Waals surface area contributed by atoms with Gasteiger partial charge in [-0.1, -0.05) is 18.6 Å². The highest BCUT2D eigenvalue weighted by molar-refractivity contribution is 5.92. The Balaban J connectivity index is 0.00000192. The first kappa shape index (κ1) is 20.2. The third-order valence-corrected chi connectivity index (χ3v) is 8.07. The molecule has 1 amide bonds. The lowest BCUT2D eigenvalue weighted by Gasteiger charge is -2.55. The third-order valence-electron chi connectivity index (χ3n) is 8.07. The molecule has 2 N–H and O–H groups in total. The summed E-state index contributed by atoms with van der Waals surface area (Å²) in [7, 11) is 1.86. The van der Waals surface area contributed by atoms with E-state index in [9.17, 15) is 4.79 Å². The van der Waals surface area contributed by atoms with Crippen molar-refractivity contribution in [2.24, 2.45) is 35.3 Å². The fraction of sp³-hybridized carbons (Fsp3) is 0.696. The molecular weight excluding hydrogens is 372 g/mol. The van der Waals surface area contributed by atoms with E-state index in [0.717, 1.165) is 36.4 Å². The van der Waals surface area contributed by atoms with Gasteiger partial charge in [-0.15, -0.1) is 12.4 Å². The molecule has 5 heteroatoms. The van der Waals surface area contributed by atoms with E-state index in [1.54, 1.807) is 0 Å². The summed E-state index contributed by atoms with van der Waals surface area (Å²) in [5.41, 5.74) is 7.03. The lowest BCUT2D eigenvalue weighted by Crippen LogP contribution is -2.59. The van der Waals surface area contributed by atoms with Gasteiger partial charge in [0.25, 0.3) is 0 Å². The first-order valence-electron chi connectivity index (χ1n) is 10.8. The summed E-state index contributed by atoms with van der Waals surface area (Å²) in [6.07, 6.45) is 8.14. The molecule has 1 aliphatic heterocycles. The fourth-order valence-electron chi connectivity index (χ4n) is 6.87. The molecule has 4 nitrogen and oxygen atoms in total. The average molecular weight is 405 g/mol. The number of primary amides is 1. The zero-order chi connectivity index (χ0) is 18.6. The normalized spacial score (nSPS) is 39.1. The van der Waals surface area contributed by atoms with Crippen LogP contribution in [0.15, 0.2) is 24.3 Å². The van der Waals surface area contributed by atoms with Crippen LogP contribution in [-0.4, -0.2) is 37.6 Å². The Hall–Kier alpha value is -1.10. The van der Waals surface area contributed by atoms with Crippen molar-refractivity contribution >= 4 is 18.3 Å². The van der Waals surface area contributed by atoms with Gasteiger partial charge >= 0.3 is 0 Å². The van der Waals surface area contributed by atoms with Crippen LogP contribution in [0.25, 0.3) is 0 Å². The Kier molecular flexibility index (Phi) is 5.49. The maximum atomic E-state index is 11.7. The Morgan fingerprint density at radius 1 is 1.18 bits per heavy atom. The first-order valence-corrected chi connectivity index (χ1v) is 10.8. The summed E-state index contributed by atoms with van der Waals surface area (Å²) < 4.78 is 6.33. The van der Waals surface area contributed by atoms with Crippen molar-refractivity contribution in [3.8, 4) is 0 Å². The van der Waals surface area contributed by atoms with E-state index in [2.05, 4.69) is 11.0 Å². The summed E-state index contributed by atoms with van der Waals surface area (Å²) in [5.74, 6) is 3.68. The molecule has 0 unspecified atom stereocenters. The maximum Gasteiger partial charge on any atom is 0.248 e. The maximum absolute atomic E-state index is 11.7. The molecule has 6 atom stereocenters. The number of rotatable bonds is 5. The van der Waals surface area contributed by atoms with Crippen LogP contribution in [-0.2, 0) is 10.3 Å². The molecule has 2 bridgehead atoms. The first-order chi connectivity index (χ1) is 13.1. The molecule has 3 saturated carbocycles. The quantitative estimate of drug-likeness (QED) is 0.811. The summed E-state index contributed by atoms with van der Waals surface area (Å²) >= 11 is 0. The molecule has 0 spiro atoms. The molecule has 1 heterocycles. The van der Waals surface area contributed by atoms with Gasteiger partial charge in [-0.25, -0.2) is 0 Å². The van der Waals surface area contributed by atoms with Crippen molar-refractivity contribution in [1.82, 2.24) is 4.90 Å². The van der Waals surface area contributed by atoms with Crippen LogP contribution in [0, 0.1) is 29.6 Å². The monoisotopic (exact) mass is 404 g/mol. The second kappa shape index (κ2) is 7.62. The Labute approximate surface area is 174 Å². The number of benzene rings is 1. The van der Waals surface area contributed by atoms with Gasteiger partial charge in [-0.2, -0.15) is 0 Å². The second-order valence-corrected chi connectivity index (χ2v) is 9.58. The summed E-state index contributed by atoms with van der Waals surface area (Å²) in [6.45, 7) is 3.52. The number of hydrogen-bond donors (Lipinski definition) is 1. The van der Waals surface area contributed by atoms with Crippen LogP contribution in [0.1, 0.15) is 54.4 Å². The van der Waals surface area contributed by atoms with Crippen LogP contribution in [0.3, 0.4) is 0 Å². The molecule has 5 rings (SSSR count). The second-order valence-electron chi connectivity index (χ2n) is 9.58. The summed E-state index contributed by atoms with van der Waals surface area (Å²) in [6, 6.07) is 7.90. The molecule has 1 aromatic carbocycles. The number of halogens is 1. The highest BCUT2D eigenvalue weighted by Gasteiger charge is 2.54. The van der Waals surface area contributed by atoms with Gasteiger partial charge in [-0.3, -0.25) is 4.79 Å². The molecule has 28 heavy (non-hydrogen) atoms. The van der Waals surface area contributed by atoms with Gasteiger partial charge in [-0.05, 0) is 67.6 Å². The van der Waals surface area contributed by atoms with Crippen LogP contribution in [0.4, 0.5) is 0 Å². The molecule has 0 aromatic heterocycles. The van der Waals surface area contributed by atoms with E-state index in [-0.39, 0.29) is 23.9 Å². The zero-order valence-electron chi connectivity index (χ0n) is 16.8. The number of amides is 1. The van der Waals surface area contributed by atoms with Gasteiger partial charge in [0.1, 0.15) is 5.60 Å². The molecule has 1 saturated heterocycles. The van der Waals surface area contributed by atoms with Crippen molar-refractivity contribution in [3.05, 3.63) is 35.4 Å². The predicted octanol–water partition coefficient (Wildman–Crippen LogP) is 3.83. The van der Waals surface area contributed by atoms with Gasteiger partial charge in [0.2, 0.25) is 5.91 Å². The number of carbonyl (C=O) groups is 1. The largest absolute Gasteiger partial charge is 0.373 e. The number of nitrogens with zero attached hydrogens (tertiary/aromatic N) is 1.